The summed E-state index contributed by atoms with van der Waals surface area (Å²) in [6.07, 6.45) is 0.657. The highest BCUT2D eigenvalue weighted by molar-refractivity contribution is 7.93. The van der Waals surface area contributed by atoms with Crippen LogP contribution in [-0.2, 0) is 10.0 Å². The van der Waals surface area contributed by atoms with E-state index in [2.05, 4.69) is 10.0 Å². The van der Waals surface area contributed by atoms with Gasteiger partial charge in [-0.05, 0) is 43.7 Å². The van der Waals surface area contributed by atoms with Crippen LogP contribution in [-0.4, -0.2) is 33.9 Å². The summed E-state index contributed by atoms with van der Waals surface area (Å²) < 4.78 is 32.0. The number of hydrogen-bond acceptors (Lipinski definition) is 4. The molecule has 1 aliphatic heterocycles. The Morgan fingerprint density at radius 1 is 1.44 bits per heavy atom. The quantitative estimate of drug-likeness (QED) is 0.860. The minimum atomic E-state index is -3.31. The zero-order valence-corrected chi connectivity index (χ0v) is 11.4. The average Bonchev–Trinajstić information content (AvgIpc) is 2.86. The van der Waals surface area contributed by atoms with E-state index in [1.165, 1.54) is 0 Å². The first-order chi connectivity index (χ1) is 8.53. The van der Waals surface area contributed by atoms with Crippen molar-refractivity contribution in [3.8, 4) is 5.75 Å². The van der Waals surface area contributed by atoms with Gasteiger partial charge in [0.15, 0.2) is 0 Å². The largest absolute Gasteiger partial charge is 0.497 e. The molecule has 1 atom stereocenters. The summed E-state index contributed by atoms with van der Waals surface area (Å²) >= 11 is 0. The molecule has 5 nitrogen and oxygen atoms in total. The molecule has 100 valence electrons. The molecule has 18 heavy (non-hydrogen) atoms. The molecule has 0 spiro atoms. The number of anilines is 1. The molecule has 1 heterocycles. The Bertz CT molecular complexity index is 522. The zero-order chi connectivity index (χ0) is 13.2. The fourth-order valence-electron chi connectivity index (χ4n) is 2.01. The van der Waals surface area contributed by atoms with Crippen molar-refractivity contribution in [3.05, 3.63) is 23.8 Å². The average molecular weight is 270 g/mol. The van der Waals surface area contributed by atoms with Gasteiger partial charge in [-0.1, -0.05) is 0 Å². The molecular weight excluding hydrogens is 252 g/mol. The van der Waals surface area contributed by atoms with E-state index in [0.717, 1.165) is 17.9 Å². The maximum absolute atomic E-state index is 12.1. The van der Waals surface area contributed by atoms with E-state index in [1.54, 1.807) is 19.2 Å². The molecular formula is C12H18N2O3S. The number of nitrogens with one attached hydrogen (secondary N) is 2. The number of sulfonamides is 1. The van der Waals surface area contributed by atoms with E-state index in [-0.39, 0.29) is 5.25 Å². The summed E-state index contributed by atoms with van der Waals surface area (Å²) in [5.74, 6) is 0.720. The fourth-order valence-corrected chi connectivity index (χ4v) is 3.47. The Morgan fingerprint density at radius 2 is 2.22 bits per heavy atom. The second-order valence-corrected chi connectivity index (χ2v) is 6.40. The van der Waals surface area contributed by atoms with Crippen LogP contribution in [0.25, 0.3) is 0 Å². The third-order valence-corrected chi connectivity index (χ3v) is 4.92. The van der Waals surface area contributed by atoms with Gasteiger partial charge in [0.2, 0.25) is 10.0 Å². The van der Waals surface area contributed by atoms with Crippen LogP contribution in [0, 0.1) is 6.92 Å². The van der Waals surface area contributed by atoms with Gasteiger partial charge in [-0.25, -0.2) is 8.42 Å². The first-order valence-corrected chi connectivity index (χ1v) is 7.44. The molecule has 0 aromatic heterocycles. The third kappa shape index (κ3) is 2.76. The number of aryl methyl sites for hydroxylation is 1. The van der Waals surface area contributed by atoms with Gasteiger partial charge in [0, 0.05) is 6.54 Å². The van der Waals surface area contributed by atoms with Crippen molar-refractivity contribution in [2.75, 3.05) is 24.9 Å². The molecule has 1 fully saturated rings. The fraction of sp³-hybridized carbons (Fsp3) is 0.500. The molecule has 6 heteroatoms. The molecule has 1 aliphatic rings. The van der Waals surface area contributed by atoms with Crippen molar-refractivity contribution in [2.45, 2.75) is 18.6 Å². The predicted octanol–water partition coefficient (Wildman–Crippen LogP) is 1.11. The molecule has 0 radical (unpaired) electrons. The van der Waals surface area contributed by atoms with Gasteiger partial charge in [-0.2, -0.15) is 0 Å². The van der Waals surface area contributed by atoms with Gasteiger partial charge >= 0.3 is 0 Å². The van der Waals surface area contributed by atoms with Crippen LogP contribution in [0.5, 0.6) is 5.75 Å². The van der Waals surface area contributed by atoms with Gasteiger partial charge < -0.3 is 10.1 Å². The second-order valence-electron chi connectivity index (χ2n) is 4.44. The number of hydrogen-bond donors (Lipinski definition) is 2. The molecule has 0 amide bonds. The van der Waals surface area contributed by atoms with E-state index in [9.17, 15) is 8.42 Å². The van der Waals surface area contributed by atoms with Gasteiger partial charge in [0.05, 0.1) is 18.0 Å². The Morgan fingerprint density at radius 3 is 2.78 bits per heavy atom. The van der Waals surface area contributed by atoms with E-state index < -0.39 is 10.0 Å². The predicted molar refractivity (Wildman–Crippen MR) is 71.5 cm³/mol. The Hall–Kier alpha value is -1.27. The van der Waals surface area contributed by atoms with E-state index in [0.29, 0.717) is 18.7 Å². The zero-order valence-electron chi connectivity index (χ0n) is 10.6. The van der Waals surface area contributed by atoms with Gasteiger partial charge in [-0.15, -0.1) is 0 Å². The lowest BCUT2D eigenvalue weighted by atomic mass is 10.2. The number of ether oxygens (including phenoxy) is 1. The summed E-state index contributed by atoms with van der Waals surface area (Å²) in [6, 6.07) is 5.29. The Labute approximate surface area is 108 Å². The van der Waals surface area contributed by atoms with Crippen molar-refractivity contribution >= 4 is 15.7 Å². The molecule has 1 aromatic carbocycles. The Kier molecular flexibility index (Phi) is 3.77. The van der Waals surface area contributed by atoms with Crippen molar-refractivity contribution < 1.29 is 13.2 Å². The summed E-state index contributed by atoms with van der Waals surface area (Å²) in [5.41, 5.74) is 1.46. The minimum absolute atomic E-state index is 0.348. The van der Waals surface area contributed by atoms with Crippen LogP contribution < -0.4 is 14.8 Å². The lowest BCUT2D eigenvalue weighted by Crippen LogP contribution is -2.29. The maximum Gasteiger partial charge on any atom is 0.236 e. The van der Waals surface area contributed by atoms with Crippen LogP contribution in [0.2, 0.25) is 0 Å². The summed E-state index contributed by atoms with van der Waals surface area (Å²) in [5, 5.41) is 2.71. The number of rotatable bonds is 4. The topological polar surface area (TPSA) is 67.4 Å². The summed E-state index contributed by atoms with van der Waals surface area (Å²) in [4.78, 5) is 0. The minimum Gasteiger partial charge on any atom is -0.497 e. The first kappa shape index (κ1) is 13.2. The number of methoxy groups -OCH3 is 1. The smallest absolute Gasteiger partial charge is 0.236 e. The molecule has 0 aliphatic carbocycles. The van der Waals surface area contributed by atoms with Crippen molar-refractivity contribution in [3.63, 3.8) is 0 Å². The molecule has 2 N–H and O–H groups in total. The highest BCUT2D eigenvalue weighted by atomic mass is 32.2. The van der Waals surface area contributed by atoms with Crippen LogP contribution in [0.1, 0.15) is 12.0 Å². The summed E-state index contributed by atoms with van der Waals surface area (Å²) in [7, 11) is -1.72. The maximum atomic E-state index is 12.1. The SMILES string of the molecule is COc1ccc(NS(=O)(=O)C2CCNC2)c(C)c1. The Balaban J connectivity index is 2.18. The van der Waals surface area contributed by atoms with Crippen molar-refractivity contribution in [1.82, 2.24) is 5.32 Å². The van der Waals surface area contributed by atoms with E-state index >= 15 is 0 Å². The standard InChI is InChI=1S/C12H18N2O3S/c1-9-7-10(17-2)3-4-12(9)14-18(15,16)11-5-6-13-8-11/h3-4,7,11,13-14H,5-6,8H2,1-2H3. The lowest BCUT2D eigenvalue weighted by molar-refractivity contribution is 0.414. The second kappa shape index (κ2) is 5.16. The molecule has 2 rings (SSSR count). The molecule has 1 unspecified atom stereocenters. The van der Waals surface area contributed by atoms with Crippen LogP contribution in [0.3, 0.4) is 0 Å². The van der Waals surface area contributed by atoms with Crippen molar-refractivity contribution in [1.29, 1.82) is 0 Å². The molecule has 0 bridgehead atoms. The van der Waals surface area contributed by atoms with Crippen LogP contribution in [0.15, 0.2) is 18.2 Å². The van der Waals surface area contributed by atoms with Crippen LogP contribution >= 0.6 is 0 Å². The first-order valence-electron chi connectivity index (χ1n) is 5.90. The molecule has 1 aromatic rings. The highest BCUT2D eigenvalue weighted by Crippen LogP contribution is 2.23. The van der Waals surface area contributed by atoms with Gasteiger partial charge in [0.25, 0.3) is 0 Å². The molecule has 1 saturated heterocycles. The van der Waals surface area contributed by atoms with E-state index in [1.807, 2.05) is 13.0 Å². The monoisotopic (exact) mass is 270 g/mol. The number of benzene rings is 1. The van der Waals surface area contributed by atoms with Gasteiger partial charge in [0.1, 0.15) is 5.75 Å². The van der Waals surface area contributed by atoms with E-state index in [4.69, 9.17) is 4.74 Å². The lowest BCUT2D eigenvalue weighted by Gasteiger charge is -2.15. The normalized spacial score (nSPS) is 19.8. The highest BCUT2D eigenvalue weighted by Gasteiger charge is 2.28. The third-order valence-electron chi connectivity index (χ3n) is 3.14. The van der Waals surface area contributed by atoms with Gasteiger partial charge in [-0.3, -0.25) is 4.72 Å². The summed E-state index contributed by atoms with van der Waals surface area (Å²) in [6.45, 7) is 3.13. The van der Waals surface area contributed by atoms with Crippen LogP contribution in [0.4, 0.5) is 5.69 Å². The molecule has 0 saturated carbocycles. The van der Waals surface area contributed by atoms with Crippen molar-refractivity contribution in [2.24, 2.45) is 0 Å².